The monoisotopic (exact) mass is 321 g/mol. The SMILES string of the molecule is CC.CNC(C)=O.COC1CC2OCC(=O)OC2C(CO)O1. The lowest BCUT2D eigenvalue weighted by Gasteiger charge is -2.41. The van der Waals surface area contributed by atoms with Crippen molar-refractivity contribution in [1.82, 2.24) is 5.32 Å². The van der Waals surface area contributed by atoms with E-state index in [0.717, 1.165) is 0 Å². The Hall–Kier alpha value is -1.22. The first kappa shape index (κ1) is 20.8. The van der Waals surface area contributed by atoms with Crippen LogP contribution in [0.5, 0.6) is 0 Å². The van der Waals surface area contributed by atoms with Gasteiger partial charge in [-0.2, -0.15) is 0 Å². The Morgan fingerprint density at radius 2 is 2.05 bits per heavy atom. The minimum Gasteiger partial charge on any atom is -0.455 e. The molecule has 0 aromatic heterocycles. The summed E-state index contributed by atoms with van der Waals surface area (Å²) >= 11 is 0. The van der Waals surface area contributed by atoms with E-state index in [1.165, 1.54) is 14.0 Å². The third kappa shape index (κ3) is 6.69. The second-order valence-corrected chi connectivity index (χ2v) is 4.37. The van der Waals surface area contributed by atoms with Crippen molar-refractivity contribution in [3.05, 3.63) is 0 Å². The summed E-state index contributed by atoms with van der Waals surface area (Å²) in [5.74, 6) is -0.417. The Bertz CT molecular complexity index is 329. The van der Waals surface area contributed by atoms with E-state index < -0.39 is 24.5 Å². The van der Waals surface area contributed by atoms with Gasteiger partial charge in [-0.05, 0) is 0 Å². The second kappa shape index (κ2) is 11.4. The summed E-state index contributed by atoms with van der Waals surface area (Å²) in [6, 6.07) is 0. The molecular formula is C14H27NO7. The molecule has 2 fully saturated rings. The fourth-order valence-electron chi connectivity index (χ4n) is 1.87. The molecule has 130 valence electrons. The molecule has 2 saturated heterocycles. The van der Waals surface area contributed by atoms with E-state index >= 15 is 0 Å². The fraction of sp³-hybridized carbons (Fsp3) is 0.857. The number of esters is 1. The van der Waals surface area contributed by atoms with Crippen LogP contribution in [0.15, 0.2) is 0 Å². The number of hydrogen-bond acceptors (Lipinski definition) is 7. The molecule has 0 aromatic carbocycles. The largest absolute Gasteiger partial charge is 0.455 e. The Kier molecular flexibility index (Phi) is 10.7. The molecule has 2 aliphatic rings. The Balaban J connectivity index is 0.000000540. The number of fused-ring (bicyclic) bond motifs is 1. The number of aliphatic hydroxyl groups is 1. The van der Waals surface area contributed by atoms with Gasteiger partial charge in [0, 0.05) is 27.5 Å². The van der Waals surface area contributed by atoms with E-state index in [4.69, 9.17) is 24.1 Å². The van der Waals surface area contributed by atoms with E-state index in [2.05, 4.69) is 5.32 Å². The number of nitrogens with one attached hydrogen (secondary N) is 1. The summed E-state index contributed by atoms with van der Waals surface area (Å²) in [4.78, 5) is 20.7. The molecule has 0 bridgehead atoms. The van der Waals surface area contributed by atoms with Gasteiger partial charge in [-0.15, -0.1) is 0 Å². The first-order chi connectivity index (χ1) is 10.5. The highest BCUT2D eigenvalue weighted by Gasteiger charge is 2.44. The first-order valence-corrected chi connectivity index (χ1v) is 7.30. The van der Waals surface area contributed by atoms with E-state index in [-0.39, 0.29) is 25.2 Å². The molecule has 2 N–H and O–H groups in total. The van der Waals surface area contributed by atoms with Gasteiger partial charge in [-0.25, -0.2) is 4.79 Å². The molecule has 4 atom stereocenters. The van der Waals surface area contributed by atoms with Crippen LogP contribution in [0, 0.1) is 0 Å². The lowest BCUT2D eigenvalue weighted by atomic mass is 10.0. The van der Waals surface area contributed by atoms with Crippen molar-refractivity contribution >= 4 is 11.9 Å². The normalized spacial score (nSPS) is 29.6. The predicted octanol–water partition coefficient (Wildman–Crippen LogP) is -0.171. The van der Waals surface area contributed by atoms with Gasteiger partial charge in [0.1, 0.15) is 18.8 Å². The van der Waals surface area contributed by atoms with Crippen LogP contribution in [-0.4, -0.2) is 69.0 Å². The van der Waals surface area contributed by atoms with Crippen LogP contribution < -0.4 is 5.32 Å². The molecule has 8 heteroatoms. The van der Waals surface area contributed by atoms with Crippen molar-refractivity contribution in [1.29, 1.82) is 0 Å². The van der Waals surface area contributed by atoms with E-state index in [1.54, 1.807) is 7.05 Å². The number of hydrogen-bond donors (Lipinski definition) is 2. The maximum atomic E-state index is 11.0. The molecule has 4 unspecified atom stereocenters. The minimum absolute atomic E-state index is 0.00463. The zero-order valence-corrected chi connectivity index (χ0v) is 13.8. The fourth-order valence-corrected chi connectivity index (χ4v) is 1.87. The smallest absolute Gasteiger partial charge is 0.332 e. The molecule has 2 rings (SSSR count). The third-order valence-electron chi connectivity index (χ3n) is 2.96. The van der Waals surface area contributed by atoms with Crippen LogP contribution in [-0.2, 0) is 28.5 Å². The molecule has 0 radical (unpaired) electrons. The molecule has 0 spiro atoms. The third-order valence-corrected chi connectivity index (χ3v) is 2.96. The van der Waals surface area contributed by atoms with Crippen molar-refractivity contribution in [2.24, 2.45) is 0 Å². The number of ether oxygens (including phenoxy) is 4. The number of carbonyl (C=O) groups excluding carboxylic acids is 2. The number of carbonyl (C=O) groups is 2. The van der Waals surface area contributed by atoms with Crippen LogP contribution in [0.25, 0.3) is 0 Å². The highest BCUT2D eigenvalue weighted by molar-refractivity contribution is 5.72. The average Bonchev–Trinajstić information content (AvgIpc) is 2.56. The van der Waals surface area contributed by atoms with Gasteiger partial charge in [0.15, 0.2) is 12.4 Å². The lowest BCUT2D eigenvalue weighted by Crippen LogP contribution is -2.56. The predicted molar refractivity (Wildman–Crippen MR) is 78.1 cm³/mol. The topological polar surface area (TPSA) is 103 Å². The van der Waals surface area contributed by atoms with E-state index in [0.29, 0.717) is 6.42 Å². The van der Waals surface area contributed by atoms with Crippen molar-refractivity contribution < 1.29 is 33.6 Å². The molecule has 0 saturated carbocycles. The Morgan fingerprint density at radius 3 is 2.50 bits per heavy atom. The van der Waals surface area contributed by atoms with Crippen LogP contribution in [0.3, 0.4) is 0 Å². The molecule has 8 nitrogen and oxygen atoms in total. The van der Waals surface area contributed by atoms with E-state index in [9.17, 15) is 9.59 Å². The van der Waals surface area contributed by atoms with Gasteiger partial charge >= 0.3 is 5.97 Å². The Labute approximate surface area is 131 Å². The van der Waals surface area contributed by atoms with Gasteiger partial charge in [0.25, 0.3) is 0 Å². The zero-order valence-electron chi connectivity index (χ0n) is 13.8. The van der Waals surface area contributed by atoms with Gasteiger partial charge in [0.05, 0.1) is 6.61 Å². The second-order valence-electron chi connectivity index (χ2n) is 4.37. The minimum atomic E-state index is -0.571. The number of rotatable bonds is 2. The summed E-state index contributed by atoms with van der Waals surface area (Å²) in [7, 11) is 3.12. The van der Waals surface area contributed by atoms with Crippen molar-refractivity contribution in [3.8, 4) is 0 Å². The van der Waals surface area contributed by atoms with Crippen LogP contribution in [0.2, 0.25) is 0 Å². The standard InChI is InChI=1S/C9H14O6.C3H7NO.C2H6/c1-12-8-2-5-9(6(3-10)14-8)15-7(11)4-13-5;1-3(5)4-2;1-2/h5-6,8-10H,2-4H2,1H3;1-2H3,(H,4,5);1-2H3. The quantitative estimate of drug-likeness (QED) is 0.681. The van der Waals surface area contributed by atoms with Gasteiger partial charge in [-0.1, -0.05) is 13.8 Å². The molecule has 22 heavy (non-hydrogen) atoms. The molecule has 2 heterocycles. The summed E-state index contributed by atoms with van der Waals surface area (Å²) in [6.07, 6.45) is -1.26. The zero-order chi connectivity index (χ0) is 17.1. The van der Waals surface area contributed by atoms with Crippen molar-refractivity contribution in [2.45, 2.75) is 51.8 Å². The summed E-state index contributed by atoms with van der Waals surface area (Å²) in [5.41, 5.74) is 0. The lowest BCUT2D eigenvalue weighted by molar-refractivity contribution is -0.276. The van der Waals surface area contributed by atoms with Crippen molar-refractivity contribution in [3.63, 3.8) is 0 Å². The number of methoxy groups -OCH3 is 1. The maximum absolute atomic E-state index is 11.0. The molecule has 0 aliphatic carbocycles. The van der Waals surface area contributed by atoms with Crippen molar-refractivity contribution in [2.75, 3.05) is 27.4 Å². The molecule has 0 aromatic rings. The highest BCUT2D eigenvalue weighted by Crippen LogP contribution is 2.27. The summed E-state index contributed by atoms with van der Waals surface area (Å²) in [5, 5.41) is 11.5. The average molecular weight is 321 g/mol. The van der Waals surface area contributed by atoms with Gasteiger partial charge < -0.3 is 29.4 Å². The Morgan fingerprint density at radius 1 is 1.45 bits per heavy atom. The van der Waals surface area contributed by atoms with Crippen LogP contribution >= 0.6 is 0 Å². The molecule has 1 amide bonds. The van der Waals surface area contributed by atoms with Gasteiger partial charge in [0.2, 0.25) is 5.91 Å². The highest BCUT2D eigenvalue weighted by atomic mass is 16.7. The summed E-state index contributed by atoms with van der Waals surface area (Å²) < 4.78 is 20.8. The van der Waals surface area contributed by atoms with Gasteiger partial charge in [-0.3, -0.25) is 4.79 Å². The summed E-state index contributed by atoms with van der Waals surface area (Å²) in [6.45, 7) is 5.20. The molecular weight excluding hydrogens is 294 g/mol. The van der Waals surface area contributed by atoms with Crippen LogP contribution in [0.4, 0.5) is 0 Å². The van der Waals surface area contributed by atoms with Crippen LogP contribution in [0.1, 0.15) is 27.2 Å². The van der Waals surface area contributed by atoms with E-state index in [1.807, 2.05) is 13.8 Å². The molecule has 2 aliphatic heterocycles. The first-order valence-electron chi connectivity index (χ1n) is 7.30. The maximum Gasteiger partial charge on any atom is 0.332 e. The number of amides is 1. The number of aliphatic hydroxyl groups excluding tert-OH is 1.